The largest absolute Gasteiger partial charge is 0.493 e. The van der Waals surface area contributed by atoms with Gasteiger partial charge in [-0.1, -0.05) is 36.4 Å². The standard InChI is InChI=1S/C22H24F3NO4/c1-28-19-9-7-16(11-20(19)29-14-17-5-3-2-4-6-17)8-10-21(27)26-12-18(13-26)30-15-22(23,24)25/h2-7,9,11,18H,8,10,12-15H2,1H3. The third-order valence-corrected chi connectivity index (χ3v) is 4.78. The molecular weight excluding hydrogens is 399 g/mol. The summed E-state index contributed by atoms with van der Waals surface area (Å²) in [5.74, 6) is 1.09. The van der Waals surface area contributed by atoms with Crippen LogP contribution in [0.4, 0.5) is 13.2 Å². The summed E-state index contributed by atoms with van der Waals surface area (Å²) in [7, 11) is 1.56. The van der Waals surface area contributed by atoms with Gasteiger partial charge in [0.05, 0.1) is 13.2 Å². The van der Waals surface area contributed by atoms with Crippen LogP contribution in [0.15, 0.2) is 48.5 Å². The van der Waals surface area contributed by atoms with E-state index >= 15 is 0 Å². The van der Waals surface area contributed by atoms with Crippen molar-refractivity contribution < 1.29 is 32.2 Å². The van der Waals surface area contributed by atoms with Crippen LogP contribution in [0.3, 0.4) is 0 Å². The first-order valence-corrected chi connectivity index (χ1v) is 9.64. The molecule has 0 saturated carbocycles. The van der Waals surface area contributed by atoms with Gasteiger partial charge in [-0.15, -0.1) is 0 Å². The lowest BCUT2D eigenvalue weighted by atomic mass is 10.1. The molecule has 2 aromatic carbocycles. The van der Waals surface area contributed by atoms with Crippen molar-refractivity contribution in [2.75, 3.05) is 26.8 Å². The van der Waals surface area contributed by atoms with Crippen LogP contribution in [-0.2, 0) is 22.6 Å². The molecule has 1 amide bonds. The van der Waals surface area contributed by atoms with Crippen LogP contribution in [0.1, 0.15) is 17.5 Å². The molecule has 30 heavy (non-hydrogen) atoms. The quantitative estimate of drug-likeness (QED) is 0.612. The van der Waals surface area contributed by atoms with Gasteiger partial charge in [0.1, 0.15) is 13.2 Å². The van der Waals surface area contributed by atoms with E-state index in [-0.39, 0.29) is 25.4 Å². The molecule has 162 valence electrons. The van der Waals surface area contributed by atoms with Gasteiger partial charge in [-0.3, -0.25) is 4.79 Å². The zero-order valence-electron chi connectivity index (χ0n) is 16.7. The van der Waals surface area contributed by atoms with Gasteiger partial charge in [0.15, 0.2) is 11.5 Å². The monoisotopic (exact) mass is 423 g/mol. The lowest BCUT2D eigenvalue weighted by Gasteiger charge is -2.39. The summed E-state index contributed by atoms with van der Waals surface area (Å²) < 4.78 is 52.4. The van der Waals surface area contributed by atoms with E-state index in [1.165, 1.54) is 4.90 Å². The Morgan fingerprint density at radius 2 is 1.80 bits per heavy atom. The van der Waals surface area contributed by atoms with Crippen molar-refractivity contribution in [3.05, 3.63) is 59.7 Å². The van der Waals surface area contributed by atoms with Gasteiger partial charge in [-0.05, 0) is 29.7 Å². The first-order valence-electron chi connectivity index (χ1n) is 9.64. The lowest BCUT2D eigenvalue weighted by molar-refractivity contribution is -0.200. The Balaban J connectivity index is 1.48. The van der Waals surface area contributed by atoms with Gasteiger partial charge in [0.25, 0.3) is 0 Å². The zero-order chi connectivity index (χ0) is 21.6. The molecule has 0 spiro atoms. The summed E-state index contributed by atoms with van der Waals surface area (Å²) in [4.78, 5) is 13.8. The van der Waals surface area contributed by atoms with Crippen LogP contribution >= 0.6 is 0 Å². The minimum absolute atomic E-state index is 0.107. The Morgan fingerprint density at radius 3 is 2.47 bits per heavy atom. The normalized spacial score (nSPS) is 14.3. The number of hydrogen-bond acceptors (Lipinski definition) is 4. The molecule has 1 aliphatic heterocycles. The molecule has 1 heterocycles. The molecule has 0 bridgehead atoms. The summed E-state index contributed by atoms with van der Waals surface area (Å²) in [6.07, 6.45) is -4.14. The van der Waals surface area contributed by atoms with Crippen molar-refractivity contribution in [3.8, 4) is 11.5 Å². The Labute approximate surface area is 173 Å². The van der Waals surface area contributed by atoms with E-state index in [1.54, 1.807) is 13.2 Å². The van der Waals surface area contributed by atoms with Gasteiger partial charge >= 0.3 is 6.18 Å². The average molecular weight is 423 g/mol. The van der Waals surface area contributed by atoms with E-state index < -0.39 is 18.9 Å². The summed E-state index contributed by atoms with van der Waals surface area (Å²) >= 11 is 0. The molecule has 1 aliphatic rings. The highest BCUT2D eigenvalue weighted by Crippen LogP contribution is 2.29. The predicted octanol–water partition coefficient (Wildman–Crippen LogP) is 4.00. The second kappa shape index (κ2) is 9.84. The molecule has 0 atom stereocenters. The SMILES string of the molecule is COc1ccc(CCC(=O)N2CC(OCC(F)(F)F)C2)cc1OCc1ccccc1. The number of methoxy groups -OCH3 is 1. The maximum Gasteiger partial charge on any atom is 0.411 e. The number of carbonyl (C=O) groups is 1. The van der Waals surface area contributed by atoms with Gasteiger partial charge in [0.2, 0.25) is 5.91 Å². The van der Waals surface area contributed by atoms with Crippen LogP contribution in [-0.4, -0.2) is 49.9 Å². The Morgan fingerprint density at radius 1 is 1.07 bits per heavy atom. The first-order chi connectivity index (χ1) is 14.3. The second-order valence-electron chi connectivity index (χ2n) is 7.11. The van der Waals surface area contributed by atoms with E-state index in [0.29, 0.717) is 24.5 Å². The molecular formula is C22H24F3NO4. The van der Waals surface area contributed by atoms with E-state index in [2.05, 4.69) is 0 Å². The van der Waals surface area contributed by atoms with E-state index in [1.807, 2.05) is 42.5 Å². The Bertz CT molecular complexity index is 836. The molecule has 0 aromatic heterocycles. The average Bonchev–Trinajstić information content (AvgIpc) is 2.69. The third kappa shape index (κ3) is 6.38. The smallest absolute Gasteiger partial charge is 0.411 e. The van der Waals surface area contributed by atoms with Crippen LogP contribution in [0, 0.1) is 0 Å². The highest BCUT2D eigenvalue weighted by atomic mass is 19.4. The molecule has 1 fully saturated rings. The van der Waals surface area contributed by atoms with Crippen molar-refractivity contribution in [3.63, 3.8) is 0 Å². The molecule has 5 nitrogen and oxygen atoms in total. The van der Waals surface area contributed by atoms with E-state index in [4.69, 9.17) is 14.2 Å². The Hall–Kier alpha value is -2.74. The second-order valence-corrected chi connectivity index (χ2v) is 7.11. The number of carbonyl (C=O) groups excluding carboxylic acids is 1. The van der Waals surface area contributed by atoms with Gasteiger partial charge in [0, 0.05) is 19.5 Å². The number of aryl methyl sites for hydroxylation is 1. The van der Waals surface area contributed by atoms with E-state index in [0.717, 1.165) is 11.1 Å². The number of halogens is 3. The predicted molar refractivity (Wildman–Crippen MR) is 104 cm³/mol. The zero-order valence-corrected chi connectivity index (χ0v) is 16.7. The summed E-state index contributed by atoms with van der Waals surface area (Å²) in [6.45, 7) is -0.490. The fourth-order valence-electron chi connectivity index (χ4n) is 3.09. The maximum absolute atomic E-state index is 12.3. The topological polar surface area (TPSA) is 48.0 Å². The minimum atomic E-state index is -4.35. The third-order valence-electron chi connectivity index (χ3n) is 4.78. The highest BCUT2D eigenvalue weighted by molar-refractivity contribution is 5.77. The number of alkyl halides is 3. The number of nitrogens with zero attached hydrogens (tertiary/aromatic N) is 1. The molecule has 2 aromatic rings. The minimum Gasteiger partial charge on any atom is -0.493 e. The van der Waals surface area contributed by atoms with E-state index in [9.17, 15) is 18.0 Å². The molecule has 8 heteroatoms. The van der Waals surface area contributed by atoms with Crippen LogP contribution in [0.25, 0.3) is 0 Å². The van der Waals surface area contributed by atoms with Crippen molar-refractivity contribution in [2.24, 2.45) is 0 Å². The van der Waals surface area contributed by atoms with Crippen molar-refractivity contribution in [1.29, 1.82) is 0 Å². The van der Waals surface area contributed by atoms with Crippen LogP contribution in [0.2, 0.25) is 0 Å². The van der Waals surface area contributed by atoms with Crippen molar-refractivity contribution >= 4 is 5.91 Å². The Kier molecular flexibility index (Phi) is 7.20. The first kappa shape index (κ1) is 22.0. The number of benzene rings is 2. The number of rotatable bonds is 9. The molecule has 0 unspecified atom stereocenters. The highest BCUT2D eigenvalue weighted by Gasteiger charge is 2.35. The number of amides is 1. The maximum atomic E-state index is 12.3. The number of likely N-dealkylation sites (tertiary alicyclic amines) is 1. The van der Waals surface area contributed by atoms with Crippen molar-refractivity contribution in [1.82, 2.24) is 4.90 Å². The molecule has 0 N–H and O–H groups in total. The fraction of sp³-hybridized carbons (Fsp3) is 0.409. The molecule has 0 aliphatic carbocycles. The van der Waals surface area contributed by atoms with Crippen molar-refractivity contribution in [2.45, 2.75) is 31.7 Å². The summed E-state index contributed by atoms with van der Waals surface area (Å²) in [5.41, 5.74) is 1.94. The molecule has 3 rings (SSSR count). The molecule has 1 saturated heterocycles. The van der Waals surface area contributed by atoms with Gasteiger partial charge in [-0.25, -0.2) is 0 Å². The van der Waals surface area contributed by atoms with Gasteiger partial charge in [-0.2, -0.15) is 13.2 Å². The summed E-state index contributed by atoms with van der Waals surface area (Å²) in [6, 6.07) is 15.3. The lowest BCUT2D eigenvalue weighted by Crippen LogP contribution is -2.55. The number of hydrogen-bond donors (Lipinski definition) is 0. The summed E-state index contributed by atoms with van der Waals surface area (Å²) in [5, 5.41) is 0. The molecule has 0 radical (unpaired) electrons. The number of ether oxygens (including phenoxy) is 3. The van der Waals surface area contributed by atoms with Gasteiger partial charge < -0.3 is 19.1 Å². The van der Waals surface area contributed by atoms with Crippen LogP contribution < -0.4 is 9.47 Å². The fourth-order valence-corrected chi connectivity index (χ4v) is 3.09. The van der Waals surface area contributed by atoms with Crippen LogP contribution in [0.5, 0.6) is 11.5 Å².